The number of carboxylic acids is 1. The van der Waals surface area contributed by atoms with Gasteiger partial charge in [-0.3, -0.25) is 4.79 Å². The molecular formula is C27H26N2O5. The van der Waals surface area contributed by atoms with Crippen molar-refractivity contribution in [3.8, 4) is 11.1 Å². The van der Waals surface area contributed by atoms with E-state index in [1.54, 1.807) is 26.1 Å². The van der Waals surface area contributed by atoms with Crippen LogP contribution in [0.2, 0.25) is 0 Å². The Balaban J connectivity index is 1.31. The largest absolute Gasteiger partial charge is 0.478 e. The summed E-state index contributed by atoms with van der Waals surface area (Å²) in [7, 11) is 1.61. The highest BCUT2D eigenvalue weighted by Crippen LogP contribution is 2.44. The standard InChI is InChI=1S/C27H26N2O5/c1-17(15-25(30)29(2)19-13-11-18(12-14-19)26(31)32)28-27(33)34-16-24-22-9-5-3-7-20(22)21-8-4-6-10-23(21)24/h3-14,17,24H,15-16H2,1-2H3,(H,28,33)(H,31,32)/t17-/m0/s1. The molecule has 0 heterocycles. The number of benzene rings is 3. The lowest BCUT2D eigenvalue weighted by Gasteiger charge is -2.21. The Kier molecular flexibility index (Phi) is 6.63. The van der Waals surface area contributed by atoms with Gasteiger partial charge in [0.05, 0.1) is 5.56 Å². The Hall–Kier alpha value is -4.13. The van der Waals surface area contributed by atoms with Crippen LogP contribution < -0.4 is 10.2 Å². The van der Waals surface area contributed by atoms with Gasteiger partial charge in [0.1, 0.15) is 6.61 Å². The summed E-state index contributed by atoms with van der Waals surface area (Å²) < 4.78 is 5.54. The molecule has 0 aliphatic heterocycles. The highest BCUT2D eigenvalue weighted by Gasteiger charge is 2.29. The minimum Gasteiger partial charge on any atom is -0.478 e. The molecule has 174 valence electrons. The number of aromatic carboxylic acids is 1. The number of ether oxygens (including phenoxy) is 1. The molecule has 1 aliphatic carbocycles. The van der Waals surface area contributed by atoms with Crippen molar-refractivity contribution in [1.29, 1.82) is 0 Å². The second-order valence-electron chi connectivity index (χ2n) is 8.38. The molecule has 0 bridgehead atoms. The Labute approximate surface area is 198 Å². The van der Waals surface area contributed by atoms with Gasteiger partial charge in [-0.2, -0.15) is 0 Å². The first-order chi connectivity index (χ1) is 16.3. The van der Waals surface area contributed by atoms with E-state index >= 15 is 0 Å². The second kappa shape index (κ2) is 9.79. The van der Waals surface area contributed by atoms with Crippen LogP contribution in [0.5, 0.6) is 0 Å². The van der Waals surface area contributed by atoms with E-state index in [0.717, 1.165) is 22.3 Å². The fraction of sp³-hybridized carbons (Fsp3) is 0.222. The van der Waals surface area contributed by atoms with E-state index in [0.29, 0.717) is 5.69 Å². The van der Waals surface area contributed by atoms with E-state index in [1.807, 2.05) is 24.3 Å². The van der Waals surface area contributed by atoms with Crippen LogP contribution in [0.1, 0.15) is 40.7 Å². The highest BCUT2D eigenvalue weighted by atomic mass is 16.5. The van der Waals surface area contributed by atoms with Crippen molar-refractivity contribution in [2.45, 2.75) is 25.3 Å². The van der Waals surface area contributed by atoms with Crippen molar-refractivity contribution >= 4 is 23.7 Å². The molecule has 0 aromatic heterocycles. The summed E-state index contributed by atoms with van der Waals surface area (Å²) in [6.45, 7) is 1.94. The fourth-order valence-corrected chi connectivity index (χ4v) is 4.26. The molecular weight excluding hydrogens is 432 g/mol. The van der Waals surface area contributed by atoms with Crippen LogP contribution >= 0.6 is 0 Å². The minimum absolute atomic E-state index is 0.0324. The van der Waals surface area contributed by atoms with Gasteiger partial charge in [-0.1, -0.05) is 48.5 Å². The van der Waals surface area contributed by atoms with E-state index in [4.69, 9.17) is 9.84 Å². The number of rotatable bonds is 7. The number of amides is 2. The number of nitrogens with one attached hydrogen (secondary N) is 1. The number of carboxylic acid groups (broad SMARTS) is 1. The predicted molar refractivity (Wildman–Crippen MR) is 129 cm³/mol. The Morgan fingerprint density at radius 1 is 0.941 bits per heavy atom. The van der Waals surface area contributed by atoms with Crippen LogP contribution in [0.3, 0.4) is 0 Å². The van der Waals surface area contributed by atoms with Crippen molar-refractivity contribution in [3.05, 3.63) is 89.5 Å². The molecule has 2 N–H and O–H groups in total. The third kappa shape index (κ3) is 4.78. The predicted octanol–water partition coefficient (Wildman–Crippen LogP) is 4.66. The zero-order valence-electron chi connectivity index (χ0n) is 19.0. The summed E-state index contributed by atoms with van der Waals surface area (Å²) in [6.07, 6.45) is -0.503. The number of nitrogens with zero attached hydrogens (tertiary/aromatic N) is 1. The summed E-state index contributed by atoms with van der Waals surface area (Å²) in [5, 5.41) is 11.7. The summed E-state index contributed by atoms with van der Waals surface area (Å²) >= 11 is 0. The van der Waals surface area contributed by atoms with Crippen LogP contribution in [0, 0.1) is 0 Å². The third-order valence-electron chi connectivity index (χ3n) is 6.06. The molecule has 1 atom stereocenters. The zero-order valence-corrected chi connectivity index (χ0v) is 19.0. The van der Waals surface area contributed by atoms with E-state index in [-0.39, 0.29) is 30.4 Å². The summed E-state index contributed by atoms with van der Waals surface area (Å²) in [4.78, 5) is 37.5. The quantitative estimate of drug-likeness (QED) is 0.537. The summed E-state index contributed by atoms with van der Waals surface area (Å²) in [5.74, 6) is -1.27. The molecule has 3 aromatic carbocycles. The lowest BCUT2D eigenvalue weighted by Crippen LogP contribution is -2.38. The van der Waals surface area contributed by atoms with Crippen molar-refractivity contribution in [2.24, 2.45) is 0 Å². The van der Waals surface area contributed by atoms with Gasteiger partial charge in [-0.05, 0) is 53.4 Å². The molecule has 0 fully saturated rings. The number of carbonyl (C=O) groups excluding carboxylic acids is 2. The fourth-order valence-electron chi connectivity index (χ4n) is 4.26. The number of fused-ring (bicyclic) bond motifs is 3. The number of anilines is 1. The first-order valence-electron chi connectivity index (χ1n) is 11.1. The van der Waals surface area contributed by atoms with Crippen LogP contribution in [0.15, 0.2) is 72.8 Å². The molecule has 1 aliphatic rings. The molecule has 3 aromatic rings. The third-order valence-corrected chi connectivity index (χ3v) is 6.06. The van der Waals surface area contributed by atoms with Crippen LogP contribution in [0.25, 0.3) is 11.1 Å². The van der Waals surface area contributed by atoms with Crippen molar-refractivity contribution in [1.82, 2.24) is 5.32 Å². The van der Waals surface area contributed by atoms with Gasteiger partial charge in [-0.25, -0.2) is 9.59 Å². The number of hydrogen-bond donors (Lipinski definition) is 2. The molecule has 7 nitrogen and oxygen atoms in total. The van der Waals surface area contributed by atoms with E-state index in [9.17, 15) is 14.4 Å². The molecule has 0 unspecified atom stereocenters. The maximum absolute atomic E-state index is 12.6. The molecule has 2 amide bonds. The highest BCUT2D eigenvalue weighted by molar-refractivity contribution is 5.94. The average Bonchev–Trinajstić information content (AvgIpc) is 3.16. The van der Waals surface area contributed by atoms with Crippen LogP contribution in [-0.2, 0) is 9.53 Å². The second-order valence-corrected chi connectivity index (χ2v) is 8.38. The van der Waals surface area contributed by atoms with E-state index in [2.05, 4.69) is 29.6 Å². The maximum Gasteiger partial charge on any atom is 0.407 e. The van der Waals surface area contributed by atoms with Gasteiger partial charge in [0, 0.05) is 31.1 Å². The van der Waals surface area contributed by atoms with Crippen LogP contribution in [0.4, 0.5) is 10.5 Å². The lowest BCUT2D eigenvalue weighted by atomic mass is 9.98. The first kappa shape index (κ1) is 23.0. The van der Waals surface area contributed by atoms with Gasteiger partial charge in [0.25, 0.3) is 0 Å². The molecule has 0 saturated carbocycles. The Bertz CT molecular complexity index is 1180. The monoisotopic (exact) mass is 458 g/mol. The number of carbonyl (C=O) groups is 3. The molecule has 0 spiro atoms. The maximum atomic E-state index is 12.6. The molecule has 0 saturated heterocycles. The van der Waals surface area contributed by atoms with E-state index < -0.39 is 18.1 Å². The summed E-state index contributed by atoms with van der Waals surface area (Å²) in [6, 6.07) is 21.8. The first-order valence-corrected chi connectivity index (χ1v) is 11.1. The molecule has 34 heavy (non-hydrogen) atoms. The smallest absolute Gasteiger partial charge is 0.407 e. The molecule has 0 radical (unpaired) electrons. The van der Waals surface area contributed by atoms with Gasteiger partial charge in [0.2, 0.25) is 5.91 Å². The Morgan fingerprint density at radius 3 is 2.06 bits per heavy atom. The lowest BCUT2D eigenvalue weighted by molar-refractivity contribution is -0.118. The Morgan fingerprint density at radius 2 is 1.50 bits per heavy atom. The van der Waals surface area contributed by atoms with Crippen molar-refractivity contribution in [3.63, 3.8) is 0 Å². The van der Waals surface area contributed by atoms with Gasteiger partial charge >= 0.3 is 12.1 Å². The summed E-state index contributed by atoms with van der Waals surface area (Å²) in [5.41, 5.74) is 5.31. The number of alkyl carbamates (subject to hydrolysis) is 1. The van der Waals surface area contributed by atoms with Crippen molar-refractivity contribution < 1.29 is 24.2 Å². The van der Waals surface area contributed by atoms with Gasteiger partial charge < -0.3 is 20.1 Å². The SMILES string of the molecule is C[C@@H](CC(=O)N(C)c1ccc(C(=O)O)cc1)NC(=O)OCC1c2ccccc2-c2ccccc21. The average molecular weight is 459 g/mol. The van der Waals surface area contributed by atoms with Crippen LogP contribution in [-0.4, -0.2) is 42.8 Å². The van der Waals surface area contributed by atoms with Gasteiger partial charge in [-0.15, -0.1) is 0 Å². The van der Waals surface area contributed by atoms with Crippen molar-refractivity contribution in [2.75, 3.05) is 18.6 Å². The molecule has 4 rings (SSSR count). The normalized spacial score (nSPS) is 12.9. The topological polar surface area (TPSA) is 95.9 Å². The zero-order chi connectivity index (χ0) is 24.2. The minimum atomic E-state index is -1.03. The molecule has 7 heteroatoms. The number of hydrogen-bond acceptors (Lipinski definition) is 4. The van der Waals surface area contributed by atoms with E-state index in [1.165, 1.54) is 17.0 Å². The van der Waals surface area contributed by atoms with Gasteiger partial charge in [0.15, 0.2) is 0 Å².